The molecule has 1 aliphatic heterocycles. The summed E-state index contributed by atoms with van der Waals surface area (Å²) in [5.74, 6) is 1.06. The molecule has 0 radical (unpaired) electrons. The largest absolute Gasteiger partial charge is 0.411 e. The van der Waals surface area contributed by atoms with E-state index >= 15 is 0 Å². The number of rotatable bonds is 2. The molecule has 2 atom stereocenters. The quantitative estimate of drug-likeness (QED) is 0.357. The molecule has 3 heteroatoms. The minimum atomic E-state index is 0.449. The molecule has 0 aromatic rings. The summed E-state index contributed by atoms with van der Waals surface area (Å²) < 4.78 is 0. The first kappa shape index (κ1) is 8.53. The molecule has 1 rings (SSSR count). The van der Waals surface area contributed by atoms with E-state index in [4.69, 9.17) is 5.21 Å². The predicted octanol–water partition coefficient (Wildman–Crippen LogP) is 1.08. The summed E-state index contributed by atoms with van der Waals surface area (Å²) in [6.45, 7) is 6.23. The Kier molecular flexibility index (Phi) is 2.88. The Morgan fingerprint density at radius 3 is 2.73 bits per heavy atom. The van der Waals surface area contributed by atoms with Gasteiger partial charge in [0.15, 0.2) is 0 Å². The Bertz CT molecular complexity index is 156. The molecule has 1 heterocycles. The van der Waals surface area contributed by atoms with Crippen LogP contribution in [-0.2, 0) is 0 Å². The second-order valence-electron chi connectivity index (χ2n) is 3.19. The van der Waals surface area contributed by atoms with E-state index in [1.54, 1.807) is 0 Å². The maximum absolute atomic E-state index is 8.66. The average molecular weight is 156 g/mol. The smallest absolute Gasteiger partial charge is 0.0614 e. The molecule has 3 nitrogen and oxygen atoms in total. The van der Waals surface area contributed by atoms with E-state index in [9.17, 15) is 0 Å². The third-order valence-electron chi connectivity index (χ3n) is 2.44. The zero-order valence-electron chi connectivity index (χ0n) is 7.17. The van der Waals surface area contributed by atoms with Crippen LogP contribution in [-0.4, -0.2) is 24.0 Å². The summed E-state index contributed by atoms with van der Waals surface area (Å²) in [5, 5.41) is 15.3. The fourth-order valence-corrected chi connectivity index (χ4v) is 1.66. The van der Waals surface area contributed by atoms with E-state index in [2.05, 4.69) is 17.4 Å². The summed E-state index contributed by atoms with van der Waals surface area (Å²) in [7, 11) is 0. The van der Waals surface area contributed by atoms with Crippen molar-refractivity contribution in [2.45, 2.75) is 20.3 Å². The van der Waals surface area contributed by atoms with Crippen LogP contribution in [0.3, 0.4) is 0 Å². The number of hydrogen-bond acceptors (Lipinski definition) is 3. The van der Waals surface area contributed by atoms with E-state index in [0.29, 0.717) is 11.8 Å². The van der Waals surface area contributed by atoms with E-state index in [0.717, 1.165) is 25.2 Å². The van der Waals surface area contributed by atoms with Gasteiger partial charge in [0, 0.05) is 12.5 Å². The van der Waals surface area contributed by atoms with Crippen LogP contribution in [0.15, 0.2) is 5.16 Å². The van der Waals surface area contributed by atoms with Crippen LogP contribution in [0.1, 0.15) is 20.3 Å². The van der Waals surface area contributed by atoms with Gasteiger partial charge < -0.3 is 10.5 Å². The summed E-state index contributed by atoms with van der Waals surface area (Å²) in [6.07, 6.45) is 0.854. The number of nitrogens with one attached hydrogen (secondary N) is 1. The van der Waals surface area contributed by atoms with Gasteiger partial charge in [0.1, 0.15) is 0 Å². The molecule has 0 amide bonds. The molecule has 2 unspecified atom stereocenters. The van der Waals surface area contributed by atoms with Gasteiger partial charge in [-0.25, -0.2) is 0 Å². The lowest BCUT2D eigenvalue weighted by molar-refractivity contribution is 0.311. The molecule has 0 aliphatic carbocycles. The molecule has 0 bridgehead atoms. The van der Waals surface area contributed by atoms with Crippen LogP contribution in [0.2, 0.25) is 0 Å². The van der Waals surface area contributed by atoms with Crippen LogP contribution in [0.5, 0.6) is 0 Å². The molecule has 1 fully saturated rings. The van der Waals surface area contributed by atoms with Gasteiger partial charge in [-0.3, -0.25) is 0 Å². The Labute approximate surface area is 67.5 Å². The standard InChI is InChI=1S/C8H16N2O/c1-3-8(10-11)7-5-9-4-6(7)2/h6-7,9,11H,3-5H2,1-2H3. The van der Waals surface area contributed by atoms with Gasteiger partial charge in [-0.15, -0.1) is 0 Å². The van der Waals surface area contributed by atoms with E-state index in [1.807, 2.05) is 6.92 Å². The second kappa shape index (κ2) is 3.72. The number of hydrogen-bond donors (Lipinski definition) is 2. The van der Waals surface area contributed by atoms with Crippen molar-refractivity contribution in [3.05, 3.63) is 0 Å². The zero-order valence-corrected chi connectivity index (χ0v) is 7.17. The Balaban J connectivity index is 2.57. The van der Waals surface area contributed by atoms with E-state index in [1.165, 1.54) is 0 Å². The Morgan fingerprint density at radius 1 is 1.64 bits per heavy atom. The van der Waals surface area contributed by atoms with Gasteiger partial charge in [-0.05, 0) is 18.9 Å². The summed E-state index contributed by atoms with van der Waals surface area (Å²) >= 11 is 0. The highest BCUT2D eigenvalue weighted by Gasteiger charge is 2.26. The maximum Gasteiger partial charge on any atom is 0.0614 e. The van der Waals surface area contributed by atoms with Crippen molar-refractivity contribution in [3.63, 3.8) is 0 Å². The first-order chi connectivity index (χ1) is 5.29. The van der Waals surface area contributed by atoms with E-state index in [-0.39, 0.29) is 0 Å². The Hall–Kier alpha value is -0.570. The first-order valence-electron chi connectivity index (χ1n) is 4.21. The predicted molar refractivity (Wildman–Crippen MR) is 45.0 cm³/mol. The van der Waals surface area contributed by atoms with Crippen LogP contribution in [0.4, 0.5) is 0 Å². The van der Waals surface area contributed by atoms with Crippen LogP contribution >= 0.6 is 0 Å². The minimum absolute atomic E-state index is 0.449. The summed E-state index contributed by atoms with van der Waals surface area (Å²) in [6, 6.07) is 0. The highest BCUT2D eigenvalue weighted by atomic mass is 16.4. The van der Waals surface area contributed by atoms with Gasteiger partial charge >= 0.3 is 0 Å². The van der Waals surface area contributed by atoms with E-state index < -0.39 is 0 Å². The van der Waals surface area contributed by atoms with Crippen molar-refractivity contribution in [2.24, 2.45) is 17.0 Å². The molecule has 0 saturated carbocycles. The highest BCUT2D eigenvalue weighted by molar-refractivity contribution is 5.86. The normalized spacial score (nSPS) is 32.7. The van der Waals surface area contributed by atoms with Crippen molar-refractivity contribution in [1.82, 2.24) is 5.32 Å². The molecule has 0 aromatic heterocycles. The van der Waals surface area contributed by atoms with Crippen LogP contribution in [0.25, 0.3) is 0 Å². The maximum atomic E-state index is 8.66. The summed E-state index contributed by atoms with van der Waals surface area (Å²) in [5.41, 5.74) is 0.933. The fraction of sp³-hybridized carbons (Fsp3) is 0.875. The van der Waals surface area contributed by atoms with Crippen LogP contribution < -0.4 is 5.32 Å². The molecule has 64 valence electrons. The lowest BCUT2D eigenvalue weighted by Crippen LogP contribution is -2.20. The Morgan fingerprint density at radius 2 is 2.36 bits per heavy atom. The molecule has 11 heavy (non-hydrogen) atoms. The third-order valence-corrected chi connectivity index (χ3v) is 2.44. The molecule has 0 spiro atoms. The average Bonchev–Trinajstić information content (AvgIpc) is 2.40. The number of oxime groups is 1. The molecule has 1 aliphatic rings. The fourth-order valence-electron chi connectivity index (χ4n) is 1.66. The molecule has 2 N–H and O–H groups in total. The topological polar surface area (TPSA) is 44.6 Å². The lowest BCUT2D eigenvalue weighted by Gasteiger charge is -2.13. The van der Waals surface area contributed by atoms with Crippen molar-refractivity contribution in [3.8, 4) is 0 Å². The molecular formula is C8H16N2O. The van der Waals surface area contributed by atoms with Crippen molar-refractivity contribution >= 4 is 5.71 Å². The van der Waals surface area contributed by atoms with Gasteiger partial charge in [-0.1, -0.05) is 19.0 Å². The number of nitrogens with zero attached hydrogens (tertiary/aromatic N) is 1. The van der Waals surface area contributed by atoms with Gasteiger partial charge in [-0.2, -0.15) is 0 Å². The van der Waals surface area contributed by atoms with Crippen LogP contribution in [0, 0.1) is 11.8 Å². The lowest BCUT2D eigenvalue weighted by atomic mass is 9.92. The van der Waals surface area contributed by atoms with Crippen molar-refractivity contribution in [2.75, 3.05) is 13.1 Å². The second-order valence-corrected chi connectivity index (χ2v) is 3.19. The van der Waals surface area contributed by atoms with Gasteiger partial charge in [0.2, 0.25) is 0 Å². The third kappa shape index (κ3) is 1.71. The highest BCUT2D eigenvalue weighted by Crippen LogP contribution is 2.18. The molecular weight excluding hydrogens is 140 g/mol. The minimum Gasteiger partial charge on any atom is -0.411 e. The van der Waals surface area contributed by atoms with Crippen molar-refractivity contribution in [1.29, 1.82) is 0 Å². The first-order valence-corrected chi connectivity index (χ1v) is 4.21. The monoisotopic (exact) mass is 156 g/mol. The molecule has 0 aromatic carbocycles. The SMILES string of the molecule is CCC(=NO)C1CNCC1C. The van der Waals surface area contributed by atoms with Gasteiger partial charge in [0.25, 0.3) is 0 Å². The summed E-state index contributed by atoms with van der Waals surface area (Å²) in [4.78, 5) is 0. The zero-order chi connectivity index (χ0) is 8.27. The van der Waals surface area contributed by atoms with Crippen molar-refractivity contribution < 1.29 is 5.21 Å². The van der Waals surface area contributed by atoms with Gasteiger partial charge in [0.05, 0.1) is 5.71 Å². The molecule has 1 saturated heterocycles.